The maximum atomic E-state index is 6.13. The van der Waals surface area contributed by atoms with Crippen LogP contribution in [0.2, 0.25) is 10.0 Å². The molecule has 0 aliphatic heterocycles. The van der Waals surface area contributed by atoms with Gasteiger partial charge in [-0.3, -0.25) is 0 Å². The van der Waals surface area contributed by atoms with Gasteiger partial charge in [0.25, 0.3) is 0 Å². The molecule has 1 unspecified atom stereocenters. The van der Waals surface area contributed by atoms with Crippen molar-refractivity contribution in [1.29, 1.82) is 0 Å². The lowest BCUT2D eigenvalue weighted by Gasteiger charge is -2.25. The van der Waals surface area contributed by atoms with Gasteiger partial charge < -0.3 is 0 Å². The second kappa shape index (κ2) is 5.75. The van der Waals surface area contributed by atoms with E-state index in [1.807, 2.05) is 18.2 Å². The molecule has 1 atom stereocenters. The molecular formula is C13H17BrCl2. The predicted octanol–water partition coefficient (Wildman–Crippen LogP) is 5.74. The van der Waals surface area contributed by atoms with Gasteiger partial charge in [0.15, 0.2) is 0 Å². The van der Waals surface area contributed by atoms with Crippen LogP contribution in [0.3, 0.4) is 0 Å². The van der Waals surface area contributed by atoms with Crippen LogP contribution in [0.15, 0.2) is 18.2 Å². The van der Waals surface area contributed by atoms with Gasteiger partial charge in [0, 0.05) is 14.9 Å². The molecule has 0 fully saturated rings. The van der Waals surface area contributed by atoms with E-state index in [1.165, 1.54) is 0 Å². The summed E-state index contributed by atoms with van der Waals surface area (Å²) in [7, 11) is 0. The normalized spacial score (nSPS) is 13.9. The molecular weight excluding hydrogens is 307 g/mol. The van der Waals surface area contributed by atoms with E-state index in [9.17, 15) is 0 Å². The van der Waals surface area contributed by atoms with Crippen molar-refractivity contribution in [1.82, 2.24) is 0 Å². The van der Waals surface area contributed by atoms with E-state index in [1.54, 1.807) is 0 Å². The average molecular weight is 324 g/mol. The standard InChI is InChI=1S/C13H17BrCl2/c1-13(2,3)12(14)8-7-9-10(15)5-4-6-11(9)16/h4-6,12H,7-8H2,1-3H3. The van der Waals surface area contributed by atoms with Crippen molar-refractivity contribution in [3.63, 3.8) is 0 Å². The molecule has 0 radical (unpaired) electrons. The number of halogens is 3. The third-order valence-corrected chi connectivity index (χ3v) is 5.19. The average Bonchev–Trinajstić information content (AvgIpc) is 2.15. The van der Waals surface area contributed by atoms with Gasteiger partial charge in [0.2, 0.25) is 0 Å². The Morgan fingerprint density at radius 3 is 2.12 bits per heavy atom. The zero-order valence-electron chi connectivity index (χ0n) is 9.86. The molecule has 0 aromatic heterocycles. The fourth-order valence-corrected chi connectivity index (χ4v) is 2.29. The number of benzene rings is 1. The molecule has 0 saturated heterocycles. The quantitative estimate of drug-likeness (QED) is 0.622. The second-order valence-electron chi connectivity index (χ2n) is 5.07. The molecule has 90 valence electrons. The number of alkyl halides is 1. The van der Waals surface area contributed by atoms with Gasteiger partial charge in [-0.2, -0.15) is 0 Å². The van der Waals surface area contributed by atoms with E-state index in [-0.39, 0.29) is 5.41 Å². The van der Waals surface area contributed by atoms with Crippen LogP contribution in [0.1, 0.15) is 32.8 Å². The summed E-state index contributed by atoms with van der Waals surface area (Å²) in [6.45, 7) is 6.67. The first-order valence-corrected chi connectivity index (χ1v) is 7.06. The molecule has 1 rings (SSSR count). The van der Waals surface area contributed by atoms with Crippen molar-refractivity contribution in [2.24, 2.45) is 5.41 Å². The zero-order chi connectivity index (χ0) is 12.3. The molecule has 1 aromatic rings. The van der Waals surface area contributed by atoms with Crippen LogP contribution < -0.4 is 0 Å². The minimum absolute atomic E-state index is 0.258. The summed E-state index contributed by atoms with van der Waals surface area (Å²) < 4.78 is 0. The number of hydrogen-bond acceptors (Lipinski definition) is 0. The third-order valence-electron chi connectivity index (χ3n) is 2.65. The van der Waals surface area contributed by atoms with Crippen LogP contribution in [0.5, 0.6) is 0 Å². The van der Waals surface area contributed by atoms with E-state index >= 15 is 0 Å². The van der Waals surface area contributed by atoms with Crippen molar-refractivity contribution in [3.8, 4) is 0 Å². The highest BCUT2D eigenvalue weighted by Crippen LogP contribution is 2.32. The Hall–Kier alpha value is 0.280. The summed E-state index contributed by atoms with van der Waals surface area (Å²) in [4.78, 5) is 0.465. The monoisotopic (exact) mass is 322 g/mol. The molecule has 16 heavy (non-hydrogen) atoms. The number of rotatable bonds is 3. The van der Waals surface area contributed by atoms with E-state index in [2.05, 4.69) is 36.7 Å². The Kier molecular flexibility index (Phi) is 5.15. The van der Waals surface area contributed by atoms with E-state index in [0.29, 0.717) is 4.83 Å². The summed E-state index contributed by atoms with van der Waals surface area (Å²) in [5.74, 6) is 0. The van der Waals surface area contributed by atoms with Gasteiger partial charge in [0.1, 0.15) is 0 Å². The van der Waals surface area contributed by atoms with Crippen LogP contribution in [-0.2, 0) is 6.42 Å². The molecule has 0 aliphatic rings. The minimum atomic E-state index is 0.258. The van der Waals surface area contributed by atoms with Crippen molar-refractivity contribution in [2.45, 2.75) is 38.4 Å². The molecule has 0 spiro atoms. The van der Waals surface area contributed by atoms with Crippen LogP contribution in [0, 0.1) is 5.41 Å². The van der Waals surface area contributed by atoms with Crippen molar-refractivity contribution >= 4 is 39.1 Å². The largest absolute Gasteiger partial charge is 0.0885 e. The molecule has 1 aromatic carbocycles. The minimum Gasteiger partial charge on any atom is -0.0885 e. The summed E-state index contributed by atoms with van der Waals surface area (Å²) in [5, 5.41) is 1.53. The summed E-state index contributed by atoms with van der Waals surface area (Å²) in [5.41, 5.74) is 1.31. The molecule has 0 amide bonds. The highest BCUT2D eigenvalue weighted by atomic mass is 79.9. The van der Waals surface area contributed by atoms with Gasteiger partial charge in [-0.25, -0.2) is 0 Å². The van der Waals surface area contributed by atoms with Crippen LogP contribution in [-0.4, -0.2) is 4.83 Å². The van der Waals surface area contributed by atoms with Gasteiger partial charge in [-0.15, -0.1) is 0 Å². The molecule has 0 N–H and O–H groups in total. The van der Waals surface area contributed by atoms with Gasteiger partial charge in [0.05, 0.1) is 0 Å². The Morgan fingerprint density at radius 1 is 1.19 bits per heavy atom. The fourth-order valence-electron chi connectivity index (χ4n) is 1.48. The Morgan fingerprint density at radius 2 is 1.69 bits per heavy atom. The van der Waals surface area contributed by atoms with Crippen molar-refractivity contribution in [3.05, 3.63) is 33.8 Å². The molecule has 0 saturated carbocycles. The highest BCUT2D eigenvalue weighted by Gasteiger charge is 2.21. The molecule has 3 heteroatoms. The van der Waals surface area contributed by atoms with Gasteiger partial charge in [-0.05, 0) is 36.0 Å². The third kappa shape index (κ3) is 3.94. The first-order valence-electron chi connectivity index (χ1n) is 5.39. The lowest BCUT2D eigenvalue weighted by molar-refractivity contribution is 0.386. The van der Waals surface area contributed by atoms with Crippen molar-refractivity contribution < 1.29 is 0 Å². The summed E-state index contributed by atoms with van der Waals surface area (Å²) in [6.07, 6.45) is 1.94. The summed E-state index contributed by atoms with van der Waals surface area (Å²) in [6, 6.07) is 5.66. The Bertz CT molecular complexity index is 335. The second-order valence-corrected chi connectivity index (χ2v) is 6.99. The lowest BCUT2D eigenvalue weighted by atomic mass is 9.89. The SMILES string of the molecule is CC(C)(C)C(Br)CCc1c(Cl)cccc1Cl. The maximum Gasteiger partial charge on any atom is 0.0452 e. The lowest BCUT2D eigenvalue weighted by Crippen LogP contribution is -2.20. The van der Waals surface area contributed by atoms with Gasteiger partial charge in [-0.1, -0.05) is 66.0 Å². The van der Waals surface area contributed by atoms with Crippen LogP contribution in [0.25, 0.3) is 0 Å². The fraction of sp³-hybridized carbons (Fsp3) is 0.538. The smallest absolute Gasteiger partial charge is 0.0452 e. The zero-order valence-corrected chi connectivity index (χ0v) is 13.0. The summed E-state index contributed by atoms with van der Waals surface area (Å²) >= 11 is 16.0. The molecule has 0 aliphatic carbocycles. The topological polar surface area (TPSA) is 0 Å². The molecule has 0 bridgehead atoms. The molecule has 0 nitrogen and oxygen atoms in total. The highest BCUT2D eigenvalue weighted by molar-refractivity contribution is 9.09. The predicted molar refractivity (Wildman–Crippen MR) is 77.0 cm³/mol. The van der Waals surface area contributed by atoms with Crippen molar-refractivity contribution in [2.75, 3.05) is 0 Å². The van der Waals surface area contributed by atoms with Gasteiger partial charge >= 0.3 is 0 Å². The maximum absolute atomic E-state index is 6.13. The van der Waals surface area contributed by atoms with Crippen LogP contribution in [0.4, 0.5) is 0 Å². The Balaban J connectivity index is 2.69. The Labute approximate surface area is 116 Å². The number of hydrogen-bond donors (Lipinski definition) is 0. The van der Waals surface area contributed by atoms with E-state index in [0.717, 1.165) is 28.5 Å². The van der Waals surface area contributed by atoms with E-state index in [4.69, 9.17) is 23.2 Å². The first kappa shape index (κ1) is 14.3. The molecule has 0 heterocycles. The first-order chi connectivity index (χ1) is 7.32. The van der Waals surface area contributed by atoms with Crippen LogP contribution >= 0.6 is 39.1 Å². The van der Waals surface area contributed by atoms with E-state index < -0.39 is 0 Å².